The van der Waals surface area contributed by atoms with Gasteiger partial charge in [-0.15, -0.1) is 0 Å². The number of rotatable bonds is 2. The van der Waals surface area contributed by atoms with E-state index in [0.29, 0.717) is 18.7 Å². The minimum Gasteiger partial charge on any atom is -0.390 e. The molecule has 4 rings (SSSR count). The third-order valence-electron chi connectivity index (χ3n) is 4.77. The highest BCUT2D eigenvalue weighted by Gasteiger charge is 2.44. The lowest BCUT2D eigenvalue weighted by atomic mass is 9.92. The molecule has 0 N–H and O–H groups in total. The predicted molar refractivity (Wildman–Crippen MR) is 93.4 cm³/mol. The van der Waals surface area contributed by atoms with E-state index in [0.717, 1.165) is 22.9 Å². The standard InChI is InChI=1S/C19H16ClFN2O2/c1-11-4-2-3-5-13(11)18-15-9-23(10-17(15)25-22-18)19(24)14-7-6-12(21)8-16(14)20/h2-8,15,17H,9-10H2,1H3. The second-order valence-electron chi connectivity index (χ2n) is 6.38. The van der Waals surface area contributed by atoms with E-state index in [1.54, 1.807) is 4.90 Å². The Hall–Kier alpha value is -2.40. The summed E-state index contributed by atoms with van der Waals surface area (Å²) in [7, 11) is 0. The summed E-state index contributed by atoms with van der Waals surface area (Å²) in [5, 5.41) is 4.37. The summed E-state index contributed by atoms with van der Waals surface area (Å²) in [6.45, 7) is 2.97. The Kier molecular flexibility index (Phi) is 3.96. The summed E-state index contributed by atoms with van der Waals surface area (Å²) in [5.41, 5.74) is 3.35. The van der Waals surface area contributed by atoms with Crippen molar-refractivity contribution in [1.29, 1.82) is 0 Å². The predicted octanol–water partition coefficient (Wildman–Crippen LogP) is 3.66. The van der Waals surface area contributed by atoms with Crippen LogP contribution in [0, 0.1) is 18.7 Å². The zero-order chi connectivity index (χ0) is 17.6. The molecule has 128 valence electrons. The molecule has 0 bridgehead atoms. The third kappa shape index (κ3) is 2.78. The fraction of sp³-hybridized carbons (Fsp3) is 0.263. The number of hydrogen-bond acceptors (Lipinski definition) is 3. The highest BCUT2D eigenvalue weighted by molar-refractivity contribution is 6.33. The molecule has 2 unspecified atom stereocenters. The fourth-order valence-corrected chi connectivity index (χ4v) is 3.69. The highest BCUT2D eigenvalue weighted by Crippen LogP contribution is 2.32. The number of halogens is 2. The topological polar surface area (TPSA) is 41.9 Å². The molecule has 2 heterocycles. The average Bonchev–Trinajstić information content (AvgIpc) is 3.15. The molecule has 2 aromatic rings. The summed E-state index contributed by atoms with van der Waals surface area (Å²) in [6, 6.07) is 11.8. The molecule has 2 atom stereocenters. The molecular weight excluding hydrogens is 343 g/mol. The summed E-state index contributed by atoms with van der Waals surface area (Å²) < 4.78 is 13.2. The largest absolute Gasteiger partial charge is 0.390 e. The van der Waals surface area contributed by atoms with Gasteiger partial charge in [0, 0.05) is 12.1 Å². The number of oxime groups is 1. The molecule has 1 fully saturated rings. The molecule has 1 amide bonds. The molecule has 0 radical (unpaired) electrons. The SMILES string of the molecule is Cc1ccccc1C1=NOC2CN(C(=O)c3ccc(F)cc3Cl)CC12. The van der Waals surface area contributed by atoms with Gasteiger partial charge < -0.3 is 9.74 Å². The van der Waals surface area contributed by atoms with Crippen LogP contribution in [0.15, 0.2) is 47.6 Å². The van der Waals surface area contributed by atoms with Gasteiger partial charge in [-0.1, -0.05) is 41.0 Å². The summed E-state index contributed by atoms with van der Waals surface area (Å²) in [4.78, 5) is 20.0. The van der Waals surface area contributed by atoms with Gasteiger partial charge in [-0.25, -0.2) is 4.39 Å². The van der Waals surface area contributed by atoms with Crippen LogP contribution < -0.4 is 0 Å². The molecule has 2 aliphatic heterocycles. The lowest BCUT2D eigenvalue weighted by Gasteiger charge is -2.18. The molecule has 2 aromatic carbocycles. The van der Waals surface area contributed by atoms with Crippen LogP contribution in [0.25, 0.3) is 0 Å². The molecular formula is C19H16ClFN2O2. The Morgan fingerprint density at radius 2 is 2.08 bits per heavy atom. The number of aryl methyl sites for hydroxylation is 1. The van der Waals surface area contributed by atoms with Gasteiger partial charge in [0.25, 0.3) is 5.91 Å². The van der Waals surface area contributed by atoms with Gasteiger partial charge in [0.2, 0.25) is 0 Å². The van der Waals surface area contributed by atoms with Crippen LogP contribution in [0.5, 0.6) is 0 Å². The van der Waals surface area contributed by atoms with Gasteiger partial charge in [-0.2, -0.15) is 0 Å². The van der Waals surface area contributed by atoms with E-state index < -0.39 is 5.82 Å². The van der Waals surface area contributed by atoms with Crippen molar-refractivity contribution < 1.29 is 14.0 Å². The second kappa shape index (κ2) is 6.15. The number of fused-ring (bicyclic) bond motifs is 1. The average molecular weight is 359 g/mol. The maximum absolute atomic E-state index is 13.2. The monoisotopic (exact) mass is 358 g/mol. The highest BCUT2D eigenvalue weighted by atomic mass is 35.5. The van der Waals surface area contributed by atoms with E-state index >= 15 is 0 Å². The lowest BCUT2D eigenvalue weighted by Crippen LogP contribution is -2.30. The second-order valence-corrected chi connectivity index (χ2v) is 6.78. The zero-order valence-electron chi connectivity index (χ0n) is 13.6. The van der Waals surface area contributed by atoms with Crippen molar-refractivity contribution in [2.45, 2.75) is 13.0 Å². The van der Waals surface area contributed by atoms with Crippen molar-refractivity contribution in [1.82, 2.24) is 4.90 Å². The first kappa shape index (κ1) is 16.1. The number of benzene rings is 2. The molecule has 2 aliphatic rings. The van der Waals surface area contributed by atoms with Crippen molar-refractivity contribution in [2.24, 2.45) is 11.1 Å². The van der Waals surface area contributed by atoms with Crippen LogP contribution in [0.1, 0.15) is 21.5 Å². The maximum atomic E-state index is 13.2. The zero-order valence-corrected chi connectivity index (χ0v) is 14.3. The van der Waals surface area contributed by atoms with Crippen molar-refractivity contribution in [3.8, 4) is 0 Å². The number of hydrogen-bond donors (Lipinski definition) is 0. The molecule has 4 nitrogen and oxygen atoms in total. The van der Waals surface area contributed by atoms with Crippen LogP contribution in [-0.4, -0.2) is 35.7 Å². The minimum absolute atomic E-state index is 0.0317. The first-order valence-electron chi connectivity index (χ1n) is 8.08. The van der Waals surface area contributed by atoms with E-state index in [1.165, 1.54) is 12.1 Å². The Labute approximate surface area is 149 Å². The Morgan fingerprint density at radius 3 is 2.84 bits per heavy atom. The van der Waals surface area contributed by atoms with Gasteiger partial charge in [0.1, 0.15) is 5.82 Å². The number of carbonyl (C=O) groups excluding carboxylic acids is 1. The molecule has 1 saturated heterocycles. The number of carbonyl (C=O) groups is 1. The normalized spacial score (nSPS) is 21.7. The van der Waals surface area contributed by atoms with Crippen LogP contribution >= 0.6 is 11.6 Å². The van der Waals surface area contributed by atoms with E-state index in [4.69, 9.17) is 16.4 Å². The van der Waals surface area contributed by atoms with Crippen molar-refractivity contribution in [3.63, 3.8) is 0 Å². The van der Waals surface area contributed by atoms with E-state index in [9.17, 15) is 9.18 Å². The molecule has 25 heavy (non-hydrogen) atoms. The molecule has 6 heteroatoms. The van der Waals surface area contributed by atoms with Gasteiger partial charge in [0.05, 0.1) is 28.8 Å². The van der Waals surface area contributed by atoms with E-state index in [1.807, 2.05) is 31.2 Å². The number of amides is 1. The lowest BCUT2D eigenvalue weighted by molar-refractivity contribution is 0.0631. The van der Waals surface area contributed by atoms with Crippen LogP contribution in [0.3, 0.4) is 0 Å². The van der Waals surface area contributed by atoms with Crippen LogP contribution in [0.4, 0.5) is 4.39 Å². The quantitative estimate of drug-likeness (QED) is 0.822. The fourth-order valence-electron chi connectivity index (χ4n) is 3.44. The van der Waals surface area contributed by atoms with Crippen LogP contribution in [0.2, 0.25) is 5.02 Å². The van der Waals surface area contributed by atoms with Crippen molar-refractivity contribution >= 4 is 23.2 Å². The van der Waals surface area contributed by atoms with Gasteiger partial charge in [-0.05, 0) is 30.7 Å². The van der Waals surface area contributed by atoms with E-state index in [2.05, 4.69) is 5.16 Å². The minimum atomic E-state index is -0.461. The van der Waals surface area contributed by atoms with Gasteiger partial charge >= 0.3 is 0 Å². The third-order valence-corrected chi connectivity index (χ3v) is 5.09. The molecule has 0 aromatic heterocycles. The van der Waals surface area contributed by atoms with Crippen molar-refractivity contribution in [3.05, 3.63) is 70.0 Å². The van der Waals surface area contributed by atoms with Gasteiger partial charge in [0.15, 0.2) is 6.10 Å². The number of likely N-dealkylation sites (tertiary alicyclic amines) is 1. The number of nitrogens with zero attached hydrogens (tertiary/aromatic N) is 2. The molecule has 0 saturated carbocycles. The smallest absolute Gasteiger partial charge is 0.255 e. The van der Waals surface area contributed by atoms with Gasteiger partial charge in [-0.3, -0.25) is 4.79 Å². The van der Waals surface area contributed by atoms with Crippen LogP contribution in [-0.2, 0) is 4.84 Å². The Balaban J connectivity index is 1.57. The Morgan fingerprint density at radius 1 is 1.28 bits per heavy atom. The summed E-state index contributed by atoms with van der Waals surface area (Å²) in [5.74, 6) is -0.645. The summed E-state index contributed by atoms with van der Waals surface area (Å²) >= 11 is 6.03. The Bertz CT molecular complexity index is 883. The first-order chi connectivity index (χ1) is 12.0. The first-order valence-corrected chi connectivity index (χ1v) is 8.46. The molecule has 0 spiro atoms. The maximum Gasteiger partial charge on any atom is 0.255 e. The summed E-state index contributed by atoms with van der Waals surface area (Å²) in [6.07, 6.45) is -0.155. The molecule has 0 aliphatic carbocycles. The van der Waals surface area contributed by atoms with E-state index in [-0.39, 0.29) is 23.0 Å². The van der Waals surface area contributed by atoms with Crippen molar-refractivity contribution in [2.75, 3.05) is 13.1 Å².